The highest BCUT2D eigenvalue weighted by molar-refractivity contribution is 6.25. The molecule has 0 radical (unpaired) electrons. The highest BCUT2D eigenvalue weighted by Gasteiger charge is 2.09. The van der Waals surface area contributed by atoms with Crippen LogP contribution < -0.4 is 0 Å². The van der Waals surface area contributed by atoms with Crippen LogP contribution in [-0.4, -0.2) is 12.4 Å². The van der Waals surface area contributed by atoms with E-state index in [1.165, 1.54) is 32.3 Å². The molecule has 5 aromatic rings. The monoisotopic (exact) mass is 332 g/mol. The standard InChI is InChI=1S/C24H16N2/c1-2-5-17(6-3-1)15-25-26-16-21-12-11-20-10-9-18-7-4-8-19-13-14-22(21)24(20)23(18)19/h1-16H/b25-15-,26-16+. The van der Waals surface area contributed by atoms with E-state index in [1.807, 2.05) is 36.5 Å². The lowest BCUT2D eigenvalue weighted by Crippen LogP contribution is -1.89. The van der Waals surface area contributed by atoms with Crippen molar-refractivity contribution in [1.82, 2.24) is 0 Å². The molecule has 0 amide bonds. The second-order valence-electron chi connectivity index (χ2n) is 6.41. The van der Waals surface area contributed by atoms with Gasteiger partial charge in [-0.25, -0.2) is 0 Å². The number of hydrogen-bond donors (Lipinski definition) is 0. The van der Waals surface area contributed by atoms with Gasteiger partial charge in [-0.1, -0.05) is 84.9 Å². The zero-order valence-electron chi connectivity index (χ0n) is 14.1. The summed E-state index contributed by atoms with van der Waals surface area (Å²) in [6.45, 7) is 0. The third-order valence-corrected chi connectivity index (χ3v) is 4.83. The molecule has 0 spiro atoms. The average molecular weight is 332 g/mol. The molecule has 0 atom stereocenters. The maximum Gasteiger partial charge on any atom is 0.0574 e. The van der Waals surface area contributed by atoms with Crippen LogP contribution in [-0.2, 0) is 0 Å². The van der Waals surface area contributed by atoms with Crippen molar-refractivity contribution in [2.24, 2.45) is 10.2 Å². The van der Waals surface area contributed by atoms with Gasteiger partial charge in [0.15, 0.2) is 0 Å². The van der Waals surface area contributed by atoms with Crippen molar-refractivity contribution in [1.29, 1.82) is 0 Å². The Hall–Kier alpha value is -3.52. The first-order valence-corrected chi connectivity index (χ1v) is 8.68. The summed E-state index contributed by atoms with van der Waals surface area (Å²) in [5, 5.41) is 16.1. The molecule has 0 aromatic heterocycles. The minimum atomic E-state index is 1.04. The van der Waals surface area contributed by atoms with E-state index in [9.17, 15) is 0 Å². The van der Waals surface area contributed by atoms with Crippen LogP contribution in [0.3, 0.4) is 0 Å². The molecule has 0 aliphatic heterocycles. The van der Waals surface area contributed by atoms with E-state index in [0.717, 1.165) is 11.1 Å². The van der Waals surface area contributed by atoms with Crippen molar-refractivity contribution in [2.75, 3.05) is 0 Å². The third kappa shape index (κ3) is 2.44. The van der Waals surface area contributed by atoms with Crippen molar-refractivity contribution in [2.45, 2.75) is 0 Å². The van der Waals surface area contributed by atoms with Crippen LogP contribution in [0.1, 0.15) is 11.1 Å². The summed E-state index contributed by atoms with van der Waals surface area (Å²) in [6, 6.07) is 29.5. The van der Waals surface area contributed by atoms with E-state index in [1.54, 1.807) is 6.21 Å². The van der Waals surface area contributed by atoms with E-state index < -0.39 is 0 Å². The molecule has 0 saturated heterocycles. The van der Waals surface area contributed by atoms with Crippen molar-refractivity contribution < 1.29 is 0 Å². The van der Waals surface area contributed by atoms with Crippen molar-refractivity contribution >= 4 is 44.7 Å². The van der Waals surface area contributed by atoms with E-state index >= 15 is 0 Å². The normalized spacial score (nSPS) is 12.3. The smallest absolute Gasteiger partial charge is 0.0574 e. The Balaban J connectivity index is 1.62. The highest BCUT2D eigenvalue weighted by atomic mass is 15.2. The Kier molecular flexibility index (Phi) is 3.46. The predicted octanol–water partition coefficient (Wildman–Crippen LogP) is 6.04. The first kappa shape index (κ1) is 14.8. The lowest BCUT2D eigenvalue weighted by molar-refractivity contribution is 1.27. The lowest BCUT2D eigenvalue weighted by atomic mass is 9.92. The first-order valence-electron chi connectivity index (χ1n) is 8.68. The van der Waals surface area contributed by atoms with Gasteiger partial charge in [0.1, 0.15) is 0 Å². The SMILES string of the molecule is C(=N/N=C/c1ccc2ccc3cccc4ccc1c2c34)/c1ccccc1. The molecule has 2 nitrogen and oxygen atoms in total. The number of hydrogen-bond acceptors (Lipinski definition) is 2. The van der Waals surface area contributed by atoms with Crippen LogP contribution in [0.15, 0.2) is 95.1 Å². The van der Waals surface area contributed by atoms with Gasteiger partial charge in [-0.15, -0.1) is 0 Å². The Bertz CT molecular complexity index is 1250. The van der Waals surface area contributed by atoms with E-state index in [-0.39, 0.29) is 0 Å². The van der Waals surface area contributed by atoms with Crippen LogP contribution in [0.4, 0.5) is 0 Å². The summed E-state index contributed by atoms with van der Waals surface area (Å²) in [4.78, 5) is 0. The Morgan fingerprint density at radius 3 is 1.96 bits per heavy atom. The minimum Gasteiger partial charge on any atom is -0.159 e. The summed E-state index contributed by atoms with van der Waals surface area (Å²) in [5.74, 6) is 0. The molecule has 0 unspecified atom stereocenters. The second kappa shape index (κ2) is 6.08. The molecule has 0 aliphatic carbocycles. The second-order valence-corrected chi connectivity index (χ2v) is 6.41. The van der Waals surface area contributed by atoms with E-state index in [0.29, 0.717) is 0 Å². The Morgan fingerprint density at radius 2 is 1.15 bits per heavy atom. The topological polar surface area (TPSA) is 24.7 Å². The van der Waals surface area contributed by atoms with Gasteiger partial charge >= 0.3 is 0 Å². The van der Waals surface area contributed by atoms with Crippen LogP contribution in [0, 0.1) is 0 Å². The summed E-state index contributed by atoms with van der Waals surface area (Å²) in [7, 11) is 0. The zero-order chi connectivity index (χ0) is 17.3. The summed E-state index contributed by atoms with van der Waals surface area (Å²) in [6.07, 6.45) is 3.61. The fraction of sp³-hybridized carbons (Fsp3) is 0. The molecule has 0 saturated carbocycles. The van der Waals surface area contributed by atoms with Gasteiger partial charge in [0.2, 0.25) is 0 Å². The van der Waals surface area contributed by atoms with Crippen LogP contribution in [0.5, 0.6) is 0 Å². The quantitative estimate of drug-likeness (QED) is 0.219. The van der Waals surface area contributed by atoms with E-state index in [4.69, 9.17) is 0 Å². The summed E-state index contributed by atoms with van der Waals surface area (Å²) >= 11 is 0. The molecule has 26 heavy (non-hydrogen) atoms. The van der Waals surface area contributed by atoms with Gasteiger partial charge < -0.3 is 0 Å². The third-order valence-electron chi connectivity index (χ3n) is 4.83. The van der Waals surface area contributed by atoms with Gasteiger partial charge in [-0.05, 0) is 37.9 Å². The molecule has 122 valence electrons. The highest BCUT2D eigenvalue weighted by Crippen LogP contribution is 2.35. The number of nitrogens with zero attached hydrogens (tertiary/aromatic N) is 2. The summed E-state index contributed by atoms with van der Waals surface area (Å²) < 4.78 is 0. The first-order chi connectivity index (χ1) is 12.9. The Morgan fingerprint density at radius 1 is 0.500 bits per heavy atom. The molecule has 0 bridgehead atoms. The molecular formula is C24H16N2. The van der Waals surface area contributed by atoms with Gasteiger partial charge in [0.05, 0.1) is 12.4 Å². The minimum absolute atomic E-state index is 1.04. The molecule has 5 aromatic carbocycles. The van der Waals surface area contributed by atoms with Crippen molar-refractivity contribution in [3.8, 4) is 0 Å². The van der Waals surface area contributed by atoms with Crippen molar-refractivity contribution in [3.63, 3.8) is 0 Å². The molecule has 0 N–H and O–H groups in total. The Labute approximate surface area is 151 Å². The van der Waals surface area contributed by atoms with E-state index in [2.05, 4.69) is 64.8 Å². The fourth-order valence-electron chi connectivity index (χ4n) is 3.61. The molecule has 5 rings (SSSR count). The maximum atomic E-state index is 4.26. The van der Waals surface area contributed by atoms with Gasteiger partial charge in [-0.3, -0.25) is 0 Å². The number of rotatable bonds is 3. The largest absolute Gasteiger partial charge is 0.159 e. The molecule has 0 fully saturated rings. The molecular weight excluding hydrogens is 316 g/mol. The molecule has 2 heteroatoms. The van der Waals surface area contributed by atoms with Gasteiger partial charge in [-0.2, -0.15) is 10.2 Å². The zero-order valence-corrected chi connectivity index (χ0v) is 14.1. The van der Waals surface area contributed by atoms with Gasteiger partial charge in [0.25, 0.3) is 0 Å². The van der Waals surface area contributed by atoms with Crippen LogP contribution in [0.2, 0.25) is 0 Å². The molecule has 0 heterocycles. The fourth-order valence-corrected chi connectivity index (χ4v) is 3.61. The van der Waals surface area contributed by atoms with Crippen molar-refractivity contribution in [3.05, 3.63) is 96.1 Å². The maximum absolute atomic E-state index is 4.26. The summed E-state index contributed by atoms with van der Waals surface area (Å²) in [5.41, 5.74) is 2.13. The molecule has 0 aliphatic rings. The number of benzene rings is 5. The average Bonchev–Trinajstić information content (AvgIpc) is 2.71. The lowest BCUT2D eigenvalue weighted by Gasteiger charge is -2.11. The van der Waals surface area contributed by atoms with Crippen LogP contribution >= 0.6 is 0 Å². The van der Waals surface area contributed by atoms with Gasteiger partial charge in [0, 0.05) is 5.56 Å². The van der Waals surface area contributed by atoms with Crippen LogP contribution in [0.25, 0.3) is 32.3 Å². The predicted molar refractivity (Wildman–Crippen MR) is 112 cm³/mol.